The molecule has 0 unspecified atom stereocenters. The number of amidine groups is 1. The summed E-state index contributed by atoms with van der Waals surface area (Å²) in [5, 5.41) is 14.1. The van der Waals surface area contributed by atoms with Crippen LogP contribution >= 0.6 is 11.3 Å². The molecule has 0 saturated carbocycles. The van der Waals surface area contributed by atoms with Crippen molar-refractivity contribution in [3.63, 3.8) is 0 Å². The van der Waals surface area contributed by atoms with Gasteiger partial charge in [0.25, 0.3) is 0 Å². The van der Waals surface area contributed by atoms with E-state index in [4.69, 9.17) is 10.4 Å². The lowest BCUT2D eigenvalue weighted by Crippen LogP contribution is -2.04. The van der Waals surface area contributed by atoms with E-state index in [2.05, 4.69) is 164 Å². The Morgan fingerprint density at radius 2 is 1.08 bits per heavy atom. The molecule has 250 valence electrons. The minimum Gasteiger partial charge on any atom is -0.282 e. The van der Waals surface area contributed by atoms with Crippen LogP contribution in [0.4, 0.5) is 0 Å². The smallest absolute Gasteiger partial charge is 0.152 e. The van der Waals surface area contributed by atoms with Crippen molar-refractivity contribution in [2.24, 2.45) is 4.99 Å². The molecule has 3 heteroatoms. The van der Waals surface area contributed by atoms with Crippen LogP contribution in [0.15, 0.2) is 199 Å². The highest BCUT2D eigenvalue weighted by Crippen LogP contribution is 2.42. The van der Waals surface area contributed by atoms with E-state index in [1.807, 2.05) is 47.7 Å². The summed E-state index contributed by atoms with van der Waals surface area (Å²) < 4.78 is 2.54. The van der Waals surface area contributed by atoms with Gasteiger partial charge >= 0.3 is 0 Å². The summed E-state index contributed by atoms with van der Waals surface area (Å²) in [7, 11) is 0. The quantitative estimate of drug-likeness (QED) is 0.127. The van der Waals surface area contributed by atoms with E-state index in [0.717, 1.165) is 44.5 Å². The van der Waals surface area contributed by atoms with Crippen molar-refractivity contribution in [2.75, 3.05) is 0 Å². The summed E-state index contributed by atoms with van der Waals surface area (Å²) in [6.07, 6.45) is 4.21. The van der Waals surface area contributed by atoms with E-state index >= 15 is 0 Å². The van der Waals surface area contributed by atoms with Gasteiger partial charge in [-0.15, -0.1) is 11.3 Å². The first-order valence-corrected chi connectivity index (χ1v) is 18.6. The molecule has 0 aliphatic carbocycles. The second-order valence-corrected chi connectivity index (χ2v) is 14.2. The van der Waals surface area contributed by atoms with Crippen LogP contribution < -0.4 is 0 Å². The fraction of sp³-hybridized carbons (Fsp3) is 0. The van der Waals surface area contributed by atoms with Crippen molar-refractivity contribution in [1.29, 1.82) is 5.41 Å². The van der Waals surface area contributed by atoms with Crippen molar-refractivity contribution < 1.29 is 0 Å². The third-order valence-corrected chi connectivity index (χ3v) is 10.9. The van der Waals surface area contributed by atoms with Gasteiger partial charge in [0.2, 0.25) is 0 Å². The lowest BCUT2D eigenvalue weighted by atomic mass is 9.90. The standard InChI is InChI=1S/C50H34N2S/c51-50(37-19-5-2-6-20-37)52-46(30-29-36-18-7-9-22-41(36)34-15-3-1-4-16-34)40-32-38(43-25-13-21-35-17-8-10-23-42(35)43)31-39(33-40)44-26-14-28-48-49(44)45-24-11-12-27-47(45)53-48/h1-33,51H/b30-29+,51-50?,52-46?. The first-order chi connectivity index (χ1) is 26.2. The van der Waals surface area contributed by atoms with Gasteiger partial charge in [-0.3, -0.25) is 5.41 Å². The van der Waals surface area contributed by atoms with Gasteiger partial charge in [-0.1, -0.05) is 164 Å². The average molecular weight is 695 g/mol. The maximum Gasteiger partial charge on any atom is 0.152 e. The highest BCUT2D eigenvalue weighted by atomic mass is 32.1. The fourth-order valence-corrected chi connectivity index (χ4v) is 8.38. The zero-order valence-electron chi connectivity index (χ0n) is 28.9. The Labute approximate surface area is 313 Å². The topological polar surface area (TPSA) is 36.2 Å². The largest absolute Gasteiger partial charge is 0.282 e. The normalized spacial score (nSPS) is 11.9. The van der Waals surface area contributed by atoms with Gasteiger partial charge in [-0.05, 0) is 86.1 Å². The van der Waals surface area contributed by atoms with Gasteiger partial charge < -0.3 is 0 Å². The van der Waals surface area contributed by atoms with Crippen LogP contribution in [0.5, 0.6) is 0 Å². The van der Waals surface area contributed by atoms with Gasteiger partial charge in [0, 0.05) is 31.3 Å². The lowest BCUT2D eigenvalue weighted by molar-refractivity contribution is 1.41. The summed E-state index contributed by atoms with van der Waals surface area (Å²) in [6, 6.07) is 65.9. The molecule has 0 bridgehead atoms. The van der Waals surface area contributed by atoms with Crippen LogP contribution in [0.1, 0.15) is 16.7 Å². The van der Waals surface area contributed by atoms with Crippen molar-refractivity contribution in [1.82, 2.24) is 0 Å². The van der Waals surface area contributed by atoms with Crippen molar-refractivity contribution >= 4 is 59.9 Å². The molecule has 0 spiro atoms. The molecule has 2 nitrogen and oxygen atoms in total. The third kappa shape index (κ3) is 6.40. The van der Waals surface area contributed by atoms with Crippen molar-refractivity contribution in [2.45, 2.75) is 0 Å². The zero-order chi connectivity index (χ0) is 35.6. The number of rotatable bonds is 7. The minimum absolute atomic E-state index is 0.213. The fourth-order valence-electron chi connectivity index (χ4n) is 7.25. The van der Waals surface area contributed by atoms with Gasteiger partial charge in [-0.25, -0.2) is 4.99 Å². The number of fused-ring (bicyclic) bond motifs is 4. The third-order valence-electron chi connectivity index (χ3n) is 9.79. The summed E-state index contributed by atoms with van der Waals surface area (Å²) in [6.45, 7) is 0. The van der Waals surface area contributed by atoms with E-state index in [1.54, 1.807) is 0 Å². The molecule has 9 rings (SSSR count). The van der Waals surface area contributed by atoms with Gasteiger partial charge in [0.1, 0.15) is 0 Å². The van der Waals surface area contributed by atoms with Gasteiger partial charge in [0.05, 0.1) is 5.71 Å². The van der Waals surface area contributed by atoms with E-state index in [0.29, 0.717) is 5.71 Å². The van der Waals surface area contributed by atoms with Crippen LogP contribution in [0.3, 0.4) is 0 Å². The first-order valence-electron chi connectivity index (χ1n) is 17.8. The number of hydrogen-bond donors (Lipinski definition) is 1. The van der Waals surface area contributed by atoms with Crippen LogP contribution in [0, 0.1) is 5.41 Å². The van der Waals surface area contributed by atoms with Gasteiger partial charge in [-0.2, -0.15) is 0 Å². The summed E-state index contributed by atoms with van der Waals surface area (Å²) >= 11 is 1.83. The molecule has 0 radical (unpaired) electrons. The van der Waals surface area contributed by atoms with Crippen molar-refractivity contribution in [3.8, 4) is 33.4 Å². The summed E-state index contributed by atoms with van der Waals surface area (Å²) in [5.74, 6) is 0.213. The van der Waals surface area contributed by atoms with Crippen molar-refractivity contribution in [3.05, 3.63) is 211 Å². The second-order valence-electron chi connectivity index (χ2n) is 13.1. The Balaban J connectivity index is 1.29. The van der Waals surface area contributed by atoms with Gasteiger partial charge in [0.15, 0.2) is 5.84 Å². The highest BCUT2D eigenvalue weighted by Gasteiger charge is 2.16. The Kier molecular flexibility index (Phi) is 8.61. The Morgan fingerprint density at radius 3 is 1.92 bits per heavy atom. The number of nitrogens with zero attached hydrogens (tertiary/aromatic N) is 1. The molecule has 8 aromatic carbocycles. The highest BCUT2D eigenvalue weighted by molar-refractivity contribution is 7.25. The van der Waals surface area contributed by atoms with Crippen LogP contribution in [-0.4, -0.2) is 11.5 Å². The number of aliphatic imine (C=N–C) groups is 1. The van der Waals surface area contributed by atoms with Crippen LogP contribution in [0.2, 0.25) is 0 Å². The van der Waals surface area contributed by atoms with E-state index in [1.165, 1.54) is 36.5 Å². The molecular formula is C50H34N2S. The number of thiophene rings is 1. The molecular weight excluding hydrogens is 661 g/mol. The summed E-state index contributed by atoms with van der Waals surface area (Å²) in [5.41, 5.74) is 10.3. The van der Waals surface area contributed by atoms with Crippen LogP contribution in [-0.2, 0) is 0 Å². The minimum atomic E-state index is 0.213. The monoisotopic (exact) mass is 694 g/mol. The van der Waals surface area contributed by atoms with E-state index in [-0.39, 0.29) is 5.84 Å². The predicted molar refractivity (Wildman–Crippen MR) is 228 cm³/mol. The van der Waals surface area contributed by atoms with E-state index < -0.39 is 0 Å². The van der Waals surface area contributed by atoms with Crippen LogP contribution in [0.25, 0.3) is 70.4 Å². The number of allylic oxidation sites excluding steroid dienone is 1. The molecule has 0 aliphatic rings. The first kappa shape index (κ1) is 32.2. The molecule has 1 aromatic heterocycles. The number of hydrogen-bond acceptors (Lipinski definition) is 2. The molecule has 0 saturated heterocycles. The molecule has 0 amide bonds. The molecule has 1 heterocycles. The molecule has 0 aliphatic heterocycles. The Morgan fingerprint density at radius 1 is 0.472 bits per heavy atom. The number of benzene rings is 8. The molecule has 1 N–H and O–H groups in total. The second kappa shape index (κ2) is 14.1. The summed E-state index contributed by atoms with van der Waals surface area (Å²) in [4.78, 5) is 5.08. The number of nitrogens with one attached hydrogen (secondary N) is 1. The molecule has 53 heavy (non-hydrogen) atoms. The lowest BCUT2D eigenvalue weighted by Gasteiger charge is -2.14. The Hall–Kier alpha value is -6.68. The predicted octanol–water partition coefficient (Wildman–Crippen LogP) is 13.7. The maximum atomic E-state index is 9.17. The molecule has 9 aromatic rings. The SMILES string of the molecule is N=C(N=C(/C=C/c1ccccc1-c1ccccc1)c1cc(-c2cccc3ccccc23)cc(-c2cccc3sc4ccccc4c23)c1)c1ccccc1. The molecule has 0 atom stereocenters. The molecule has 0 fully saturated rings. The van der Waals surface area contributed by atoms with E-state index in [9.17, 15) is 0 Å². The average Bonchev–Trinajstić information content (AvgIpc) is 3.62. The zero-order valence-corrected chi connectivity index (χ0v) is 29.7. The maximum absolute atomic E-state index is 9.17. The Bertz CT molecular complexity index is 2840.